The first-order valence-electron chi connectivity index (χ1n) is 10.0. The molecule has 3 heterocycles. The molecular formula is C22H26N4. The molecule has 1 atom stereocenters. The van der Waals surface area contributed by atoms with Crippen LogP contribution < -0.4 is 0 Å². The Hall–Kier alpha value is -2.20. The van der Waals surface area contributed by atoms with Gasteiger partial charge in [0.15, 0.2) is 5.65 Å². The third-order valence-electron chi connectivity index (χ3n) is 6.05. The maximum atomic E-state index is 5.22. The van der Waals surface area contributed by atoms with E-state index in [2.05, 4.69) is 47.3 Å². The van der Waals surface area contributed by atoms with Crippen LogP contribution in [0.4, 0.5) is 0 Å². The van der Waals surface area contributed by atoms with Crippen LogP contribution in [0.15, 0.2) is 36.5 Å². The van der Waals surface area contributed by atoms with Gasteiger partial charge in [-0.3, -0.25) is 4.90 Å². The van der Waals surface area contributed by atoms with E-state index >= 15 is 0 Å². The Kier molecular flexibility index (Phi) is 4.01. The minimum absolute atomic E-state index is 0.286. The first-order chi connectivity index (χ1) is 12.8. The fraction of sp³-hybridized carbons (Fsp3) is 0.455. The van der Waals surface area contributed by atoms with E-state index in [1.54, 1.807) is 0 Å². The van der Waals surface area contributed by atoms with Gasteiger partial charge in [0.1, 0.15) is 0 Å². The highest BCUT2D eigenvalue weighted by atomic mass is 15.3. The monoisotopic (exact) mass is 346 g/mol. The molecule has 0 N–H and O–H groups in total. The molecule has 134 valence electrons. The maximum absolute atomic E-state index is 5.22. The summed E-state index contributed by atoms with van der Waals surface area (Å²) >= 11 is 0. The Morgan fingerprint density at radius 2 is 1.85 bits per heavy atom. The number of fused-ring (bicyclic) bond motifs is 3. The van der Waals surface area contributed by atoms with E-state index in [4.69, 9.17) is 4.98 Å². The van der Waals surface area contributed by atoms with Crippen molar-refractivity contribution in [3.05, 3.63) is 58.9 Å². The molecule has 1 fully saturated rings. The molecular weight excluding hydrogens is 320 g/mol. The zero-order valence-corrected chi connectivity index (χ0v) is 15.5. The lowest BCUT2D eigenvalue weighted by atomic mass is 9.95. The third-order valence-corrected chi connectivity index (χ3v) is 6.05. The number of rotatable bonds is 2. The van der Waals surface area contributed by atoms with Crippen LogP contribution in [0, 0.1) is 0 Å². The first kappa shape index (κ1) is 16.0. The fourth-order valence-corrected chi connectivity index (χ4v) is 4.72. The quantitative estimate of drug-likeness (QED) is 0.700. The van der Waals surface area contributed by atoms with Gasteiger partial charge in [0.2, 0.25) is 0 Å². The van der Waals surface area contributed by atoms with Crippen LogP contribution in [0.25, 0.3) is 11.0 Å². The number of benzene rings is 1. The van der Waals surface area contributed by atoms with Gasteiger partial charge in [-0.1, -0.05) is 30.7 Å². The molecule has 1 aliphatic carbocycles. The van der Waals surface area contributed by atoms with Crippen LogP contribution in [0.5, 0.6) is 0 Å². The highest BCUT2D eigenvalue weighted by molar-refractivity contribution is 5.76. The largest absolute Gasteiger partial charge is 0.291 e. The average molecular weight is 346 g/mol. The Morgan fingerprint density at radius 1 is 1.04 bits per heavy atom. The average Bonchev–Trinajstić information content (AvgIpc) is 3.02. The molecule has 4 nitrogen and oxygen atoms in total. The molecule has 0 saturated carbocycles. The topological polar surface area (TPSA) is 34.0 Å². The predicted molar refractivity (Wildman–Crippen MR) is 104 cm³/mol. The van der Waals surface area contributed by atoms with Gasteiger partial charge in [0.25, 0.3) is 0 Å². The van der Waals surface area contributed by atoms with E-state index in [0.717, 1.165) is 25.0 Å². The Balaban J connectivity index is 1.72. The zero-order chi connectivity index (χ0) is 17.5. The van der Waals surface area contributed by atoms with Crippen molar-refractivity contribution in [2.24, 2.45) is 0 Å². The van der Waals surface area contributed by atoms with Gasteiger partial charge >= 0.3 is 0 Å². The summed E-state index contributed by atoms with van der Waals surface area (Å²) in [5, 5.41) is 5.71. The van der Waals surface area contributed by atoms with E-state index < -0.39 is 0 Å². The van der Waals surface area contributed by atoms with Crippen LogP contribution >= 0.6 is 0 Å². The third kappa shape index (κ3) is 2.55. The van der Waals surface area contributed by atoms with Crippen LogP contribution in [0.3, 0.4) is 0 Å². The number of pyridine rings is 1. The lowest BCUT2D eigenvalue weighted by Gasteiger charge is -2.35. The van der Waals surface area contributed by atoms with Crippen LogP contribution in [0.2, 0.25) is 0 Å². The van der Waals surface area contributed by atoms with Crippen LogP contribution in [0.1, 0.15) is 54.6 Å². The maximum Gasteiger partial charge on any atom is 0.158 e. The molecule has 0 radical (unpaired) electrons. The van der Waals surface area contributed by atoms with Crippen molar-refractivity contribution in [3.63, 3.8) is 0 Å². The molecule has 26 heavy (non-hydrogen) atoms. The molecule has 1 unspecified atom stereocenters. The molecule has 1 saturated heterocycles. The van der Waals surface area contributed by atoms with Crippen molar-refractivity contribution in [1.82, 2.24) is 19.7 Å². The highest BCUT2D eigenvalue weighted by Gasteiger charge is 2.31. The van der Waals surface area contributed by atoms with Gasteiger partial charge in [-0.25, -0.2) is 9.67 Å². The van der Waals surface area contributed by atoms with Crippen LogP contribution in [-0.4, -0.2) is 32.8 Å². The van der Waals surface area contributed by atoms with Crippen molar-refractivity contribution in [1.29, 1.82) is 0 Å². The van der Waals surface area contributed by atoms with Crippen molar-refractivity contribution in [3.8, 4) is 0 Å². The van der Waals surface area contributed by atoms with E-state index in [1.807, 2.05) is 10.9 Å². The summed E-state index contributed by atoms with van der Waals surface area (Å²) in [5.74, 6) is 0. The second kappa shape index (κ2) is 6.51. The summed E-state index contributed by atoms with van der Waals surface area (Å²) in [6.07, 6.45) is 8.08. The van der Waals surface area contributed by atoms with Crippen LogP contribution in [-0.2, 0) is 19.4 Å². The summed E-state index contributed by atoms with van der Waals surface area (Å²) in [6, 6.07) is 11.6. The lowest BCUT2D eigenvalue weighted by molar-refractivity contribution is 0.184. The molecule has 4 heteroatoms. The Morgan fingerprint density at radius 3 is 2.69 bits per heavy atom. The summed E-state index contributed by atoms with van der Waals surface area (Å²) in [7, 11) is 0. The second-order valence-corrected chi connectivity index (χ2v) is 7.60. The highest BCUT2D eigenvalue weighted by Crippen LogP contribution is 2.38. The summed E-state index contributed by atoms with van der Waals surface area (Å²) in [5.41, 5.74) is 6.65. The SMILES string of the molecule is CCn1ncc2cc3c(nc21)C(N1CCCCC1)c1ccccc1CC3. The van der Waals surface area contributed by atoms with Gasteiger partial charge in [-0.05, 0) is 68.5 Å². The smallest absolute Gasteiger partial charge is 0.158 e. The summed E-state index contributed by atoms with van der Waals surface area (Å²) in [4.78, 5) is 7.89. The molecule has 2 aliphatic rings. The molecule has 1 aromatic carbocycles. The number of nitrogens with zero attached hydrogens (tertiary/aromatic N) is 4. The fourth-order valence-electron chi connectivity index (χ4n) is 4.72. The summed E-state index contributed by atoms with van der Waals surface area (Å²) in [6.45, 7) is 5.34. The van der Waals surface area contributed by atoms with Gasteiger partial charge in [0, 0.05) is 11.9 Å². The molecule has 0 bridgehead atoms. The van der Waals surface area contributed by atoms with Crippen molar-refractivity contribution < 1.29 is 0 Å². The number of aromatic nitrogens is 3. The minimum Gasteiger partial charge on any atom is -0.291 e. The molecule has 1 aliphatic heterocycles. The zero-order valence-electron chi connectivity index (χ0n) is 15.5. The van der Waals surface area contributed by atoms with Gasteiger partial charge in [-0.15, -0.1) is 0 Å². The van der Waals surface area contributed by atoms with E-state index in [9.17, 15) is 0 Å². The van der Waals surface area contributed by atoms with Gasteiger partial charge in [0.05, 0.1) is 17.9 Å². The molecule has 3 aromatic rings. The molecule has 2 aromatic heterocycles. The number of aryl methyl sites for hydroxylation is 3. The van der Waals surface area contributed by atoms with Gasteiger partial charge in [-0.2, -0.15) is 5.10 Å². The number of piperidine rings is 1. The van der Waals surface area contributed by atoms with E-state index in [1.165, 1.54) is 60.1 Å². The van der Waals surface area contributed by atoms with E-state index in [-0.39, 0.29) is 6.04 Å². The number of hydrogen-bond acceptors (Lipinski definition) is 3. The lowest BCUT2D eigenvalue weighted by Crippen LogP contribution is -2.35. The Labute approximate surface area is 154 Å². The second-order valence-electron chi connectivity index (χ2n) is 7.60. The Bertz CT molecular complexity index is 936. The summed E-state index contributed by atoms with van der Waals surface area (Å²) < 4.78 is 2.03. The molecule has 5 rings (SSSR count). The number of hydrogen-bond donors (Lipinski definition) is 0. The van der Waals surface area contributed by atoms with Gasteiger partial charge < -0.3 is 0 Å². The minimum atomic E-state index is 0.286. The number of likely N-dealkylation sites (tertiary alicyclic amines) is 1. The molecule has 0 spiro atoms. The normalized spacial score (nSPS) is 20.6. The predicted octanol–water partition coefficient (Wildman–Crippen LogP) is 4.13. The van der Waals surface area contributed by atoms with Crippen molar-refractivity contribution in [2.45, 2.75) is 51.6 Å². The standard InChI is InChI=1S/C22H26N4/c1-2-26-22-18(15-23-26)14-17-11-10-16-8-4-5-9-19(16)21(20(17)24-22)25-12-6-3-7-13-25/h4-5,8-9,14-15,21H,2-3,6-7,10-13H2,1H3. The first-order valence-corrected chi connectivity index (χ1v) is 10.0. The van der Waals surface area contributed by atoms with Crippen molar-refractivity contribution >= 4 is 11.0 Å². The van der Waals surface area contributed by atoms with E-state index in [0.29, 0.717) is 0 Å². The van der Waals surface area contributed by atoms with Crippen molar-refractivity contribution in [2.75, 3.05) is 13.1 Å². The molecule has 0 amide bonds.